The number of carbonyl (C=O) groups excluding carboxylic acids is 2. The van der Waals surface area contributed by atoms with Gasteiger partial charge in [0.1, 0.15) is 5.82 Å². The molecular weight excluding hydrogens is 397 g/mol. The Hall–Kier alpha value is -2.68. The van der Waals surface area contributed by atoms with E-state index in [2.05, 4.69) is 26.3 Å². The summed E-state index contributed by atoms with van der Waals surface area (Å²) in [7, 11) is 0. The van der Waals surface area contributed by atoms with Crippen molar-refractivity contribution in [3.8, 4) is 5.69 Å². The molecule has 7 nitrogen and oxygen atoms in total. The SMILES string of the molecule is CC1(C)OC(=O)C(=CNc2cc(F)ccc2-n2cc(Br)cn2)C(=O)O1. The predicted octanol–water partition coefficient (Wildman–Crippen LogP) is 2.91. The number of aromatic nitrogens is 2. The molecule has 0 atom stereocenters. The number of halogens is 2. The van der Waals surface area contributed by atoms with E-state index in [4.69, 9.17) is 9.47 Å². The molecule has 2 heterocycles. The van der Waals surface area contributed by atoms with Gasteiger partial charge in [0.25, 0.3) is 5.79 Å². The Morgan fingerprint density at radius 3 is 2.56 bits per heavy atom. The second-order valence-electron chi connectivity index (χ2n) is 5.65. The maximum absolute atomic E-state index is 13.6. The third kappa shape index (κ3) is 3.71. The number of nitrogens with zero attached hydrogens (tertiary/aromatic N) is 2. The molecule has 1 saturated heterocycles. The number of rotatable bonds is 3. The number of hydrogen-bond acceptors (Lipinski definition) is 6. The summed E-state index contributed by atoms with van der Waals surface area (Å²) in [6.07, 6.45) is 4.37. The summed E-state index contributed by atoms with van der Waals surface area (Å²) in [5, 5.41) is 6.86. The van der Waals surface area contributed by atoms with E-state index in [1.807, 2.05) is 0 Å². The fourth-order valence-corrected chi connectivity index (χ4v) is 2.47. The molecule has 1 aromatic carbocycles. The van der Waals surface area contributed by atoms with Crippen molar-refractivity contribution in [2.24, 2.45) is 0 Å². The minimum Gasteiger partial charge on any atom is -0.419 e. The van der Waals surface area contributed by atoms with Crippen LogP contribution < -0.4 is 5.32 Å². The molecule has 3 rings (SSSR count). The van der Waals surface area contributed by atoms with Crippen LogP contribution in [0, 0.1) is 5.82 Å². The first kappa shape index (κ1) is 17.2. The normalized spacial score (nSPS) is 16.2. The van der Waals surface area contributed by atoms with Gasteiger partial charge < -0.3 is 14.8 Å². The van der Waals surface area contributed by atoms with Crippen molar-refractivity contribution in [1.29, 1.82) is 0 Å². The van der Waals surface area contributed by atoms with Gasteiger partial charge in [-0.3, -0.25) is 0 Å². The lowest BCUT2D eigenvalue weighted by atomic mass is 10.2. The highest BCUT2D eigenvalue weighted by Crippen LogP contribution is 2.25. The number of hydrogen-bond donors (Lipinski definition) is 1. The minimum atomic E-state index is -1.32. The van der Waals surface area contributed by atoms with Crippen molar-refractivity contribution in [2.75, 3.05) is 5.32 Å². The van der Waals surface area contributed by atoms with Gasteiger partial charge >= 0.3 is 11.9 Å². The van der Waals surface area contributed by atoms with Crippen LogP contribution in [-0.4, -0.2) is 27.5 Å². The van der Waals surface area contributed by atoms with Gasteiger partial charge in [0.2, 0.25) is 0 Å². The monoisotopic (exact) mass is 409 g/mol. The first-order valence-corrected chi connectivity index (χ1v) is 7.98. The lowest BCUT2D eigenvalue weighted by Crippen LogP contribution is -2.42. The first-order valence-electron chi connectivity index (χ1n) is 7.19. The summed E-state index contributed by atoms with van der Waals surface area (Å²) in [4.78, 5) is 23.9. The summed E-state index contributed by atoms with van der Waals surface area (Å²) < 4.78 is 25.8. The van der Waals surface area contributed by atoms with E-state index in [0.29, 0.717) is 11.4 Å². The maximum atomic E-state index is 13.6. The van der Waals surface area contributed by atoms with Crippen molar-refractivity contribution in [3.05, 3.63) is 52.7 Å². The molecule has 0 spiro atoms. The second kappa shape index (κ2) is 6.32. The van der Waals surface area contributed by atoms with Gasteiger partial charge in [0, 0.05) is 26.2 Å². The van der Waals surface area contributed by atoms with Crippen LogP contribution in [0.5, 0.6) is 0 Å². The van der Waals surface area contributed by atoms with Crippen LogP contribution in [0.15, 0.2) is 46.8 Å². The van der Waals surface area contributed by atoms with Crippen LogP contribution in [0.3, 0.4) is 0 Å². The highest BCUT2D eigenvalue weighted by atomic mass is 79.9. The molecule has 25 heavy (non-hydrogen) atoms. The molecule has 9 heteroatoms. The molecule has 130 valence electrons. The molecule has 0 aliphatic carbocycles. The van der Waals surface area contributed by atoms with Gasteiger partial charge in [-0.2, -0.15) is 5.10 Å². The van der Waals surface area contributed by atoms with Crippen LogP contribution in [-0.2, 0) is 19.1 Å². The number of esters is 2. The molecule has 0 bridgehead atoms. The third-order valence-electron chi connectivity index (χ3n) is 3.25. The largest absolute Gasteiger partial charge is 0.419 e. The van der Waals surface area contributed by atoms with Crippen LogP contribution in [0.25, 0.3) is 5.69 Å². The molecule has 1 aliphatic rings. The average molecular weight is 410 g/mol. The molecule has 1 fully saturated rings. The van der Waals surface area contributed by atoms with Crippen LogP contribution in [0.1, 0.15) is 13.8 Å². The molecule has 1 N–H and O–H groups in total. The Balaban J connectivity index is 1.92. The summed E-state index contributed by atoms with van der Waals surface area (Å²) in [6.45, 7) is 2.90. The van der Waals surface area contributed by atoms with Crippen molar-refractivity contribution in [1.82, 2.24) is 9.78 Å². The number of nitrogens with one attached hydrogen (secondary N) is 1. The number of benzene rings is 1. The number of anilines is 1. The quantitative estimate of drug-likeness (QED) is 0.476. The van der Waals surface area contributed by atoms with Gasteiger partial charge in [-0.1, -0.05) is 0 Å². The van der Waals surface area contributed by atoms with Gasteiger partial charge in [0.15, 0.2) is 5.57 Å². The third-order valence-corrected chi connectivity index (χ3v) is 3.65. The summed E-state index contributed by atoms with van der Waals surface area (Å²) >= 11 is 3.28. The van der Waals surface area contributed by atoms with E-state index >= 15 is 0 Å². The summed E-state index contributed by atoms with van der Waals surface area (Å²) in [6, 6.07) is 4.00. The Morgan fingerprint density at radius 2 is 1.96 bits per heavy atom. The Kier molecular flexibility index (Phi) is 4.34. The Bertz CT molecular complexity index is 869. The second-order valence-corrected chi connectivity index (χ2v) is 6.56. The zero-order valence-electron chi connectivity index (χ0n) is 13.2. The van der Waals surface area contributed by atoms with Crippen LogP contribution >= 0.6 is 15.9 Å². The van der Waals surface area contributed by atoms with E-state index < -0.39 is 23.5 Å². The van der Waals surface area contributed by atoms with E-state index in [9.17, 15) is 14.0 Å². The van der Waals surface area contributed by atoms with E-state index in [0.717, 1.165) is 10.7 Å². The van der Waals surface area contributed by atoms with Gasteiger partial charge in [-0.05, 0) is 34.1 Å². The van der Waals surface area contributed by atoms with Crippen LogP contribution in [0.2, 0.25) is 0 Å². The van der Waals surface area contributed by atoms with Gasteiger partial charge in [0.05, 0.1) is 22.0 Å². The molecule has 0 amide bonds. The average Bonchev–Trinajstić information content (AvgIpc) is 2.91. The number of carbonyl (C=O) groups is 2. The highest BCUT2D eigenvalue weighted by Gasteiger charge is 2.39. The number of cyclic esters (lactones) is 2. The van der Waals surface area contributed by atoms with Gasteiger partial charge in [-0.25, -0.2) is 18.7 Å². The van der Waals surface area contributed by atoms with E-state index in [1.165, 1.54) is 36.7 Å². The zero-order valence-corrected chi connectivity index (χ0v) is 14.8. The molecule has 0 unspecified atom stereocenters. The van der Waals surface area contributed by atoms with E-state index in [1.54, 1.807) is 12.4 Å². The zero-order chi connectivity index (χ0) is 18.2. The molecule has 1 aromatic heterocycles. The molecule has 0 radical (unpaired) electrons. The lowest BCUT2D eigenvalue weighted by Gasteiger charge is -2.29. The molecule has 1 aliphatic heterocycles. The topological polar surface area (TPSA) is 82.5 Å². The summed E-state index contributed by atoms with van der Waals surface area (Å²) in [5.41, 5.74) is 0.492. The lowest BCUT2D eigenvalue weighted by molar-refractivity contribution is -0.222. The van der Waals surface area contributed by atoms with Crippen molar-refractivity contribution in [3.63, 3.8) is 0 Å². The first-order chi connectivity index (χ1) is 11.7. The maximum Gasteiger partial charge on any atom is 0.350 e. The fraction of sp³-hybridized carbons (Fsp3) is 0.188. The molecule has 2 aromatic rings. The van der Waals surface area contributed by atoms with Crippen LogP contribution in [0.4, 0.5) is 10.1 Å². The summed E-state index contributed by atoms with van der Waals surface area (Å²) in [5.74, 6) is -3.47. The fourth-order valence-electron chi connectivity index (χ4n) is 2.18. The highest BCUT2D eigenvalue weighted by molar-refractivity contribution is 9.10. The number of ether oxygens (including phenoxy) is 2. The Labute approximate surface area is 150 Å². The van der Waals surface area contributed by atoms with Crippen molar-refractivity contribution < 1.29 is 23.5 Å². The van der Waals surface area contributed by atoms with Crippen molar-refractivity contribution >= 4 is 33.6 Å². The standard InChI is InChI=1S/C16H13BrFN3O4/c1-16(2)24-14(22)11(15(23)25-16)7-19-12-5-10(18)3-4-13(12)21-8-9(17)6-20-21/h3-8,19H,1-2H3. The predicted molar refractivity (Wildman–Crippen MR) is 89.2 cm³/mol. The van der Waals surface area contributed by atoms with Gasteiger partial charge in [-0.15, -0.1) is 0 Å². The molecular formula is C16H13BrFN3O4. The van der Waals surface area contributed by atoms with E-state index in [-0.39, 0.29) is 5.57 Å². The minimum absolute atomic E-state index is 0.300. The smallest absolute Gasteiger partial charge is 0.350 e. The Morgan fingerprint density at radius 1 is 1.28 bits per heavy atom. The molecule has 0 saturated carbocycles. The van der Waals surface area contributed by atoms with Crippen molar-refractivity contribution in [2.45, 2.75) is 19.6 Å².